The molecule has 0 amide bonds. The van der Waals surface area contributed by atoms with Gasteiger partial charge in [0, 0.05) is 48.0 Å². The van der Waals surface area contributed by atoms with Crippen LogP contribution in [0.1, 0.15) is 110 Å². The molecule has 0 aliphatic carbocycles. The molecular weight excluding hydrogens is 655 g/mol. The van der Waals surface area contributed by atoms with Crippen molar-refractivity contribution in [3.8, 4) is 31.3 Å². The molecule has 7 aromatic rings. The average Bonchev–Trinajstić information content (AvgIpc) is 3.96. The Morgan fingerprint density at radius 1 is 0.592 bits per heavy atom. The summed E-state index contributed by atoms with van der Waals surface area (Å²) in [6.07, 6.45) is 18.7. The van der Waals surface area contributed by atoms with Crippen molar-refractivity contribution >= 4 is 67.2 Å². The first-order chi connectivity index (χ1) is 24.2. The van der Waals surface area contributed by atoms with E-state index in [4.69, 9.17) is 0 Å². The second-order valence-corrected chi connectivity index (χ2v) is 16.2. The van der Waals surface area contributed by atoms with E-state index in [1.54, 1.807) is 0 Å². The number of aromatic nitrogens is 3. The Morgan fingerprint density at radius 3 is 1.88 bits per heavy atom. The maximum atomic E-state index is 4.62. The summed E-state index contributed by atoms with van der Waals surface area (Å²) in [7, 11) is 0. The Hall–Kier alpha value is -3.32. The third-order valence-electron chi connectivity index (χ3n) is 10.2. The van der Waals surface area contributed by atoms with Crippen LogP contribution in [-0.2, 0) is 0 Å². The lowest BCUT2D eigenvalue weighted by Crippen LogP contribution is -2.09. The Morgan fingerprint density at radius 2 is 1.22 bits per heavy atom. The molecule has 0 N–H and O–H groups in total. The number of nitrogens with zero attached hydrogens (tertiary/aromatic N) is 3. The largest absolute Gasteiger partial charge is 0.337 e. The number of thiophene rings is 2. The lowest BCUT2D eigenvalue weighted by Gasteiger charge is -2.22. The summed E-state index contributed by atoms with van der Waals surface area (Å²) >= 11 is 4.98. The fourth-order valence-electron chi connectivity index (χ4n) is 7.56. The molecule has 49 heavy (non-hydrogen) atoms. The second-order valence-electron chi connectivity index (χ2n) is 13.7. The van der Waals surface area contributed by atoms with Gasteiger partial charge in [0.1, 0.15) is 11.0 Å². The minimum absolute atomic E-state index is 0.524. The Bertz CT molecular complexity index is 2060. The molecular formula is C43H49N3S3. The molecule has 0 spiro atoms. The van der Waals surface area contributed by atoms with E-state index in [1.165, 1.54) is 155 Å². The van der Waals surface area contributed by atoms with Crippen molar-refractivity contribution < 1.29 is 0 Å². The van der Waals surface area contributed by atoms with Gasteiger partial charge in [-0.05, 0) is 77.9 Å². The van der Waals surface area contributed by atoms with Gasteiger partial charge in [0.05, 0.1) is 11.7 Å². The lowest BCUT2D eigenvalue weighted by molar-refractivity contribution is 0.410. The fourth-order valence-corrected chi connectivity index (χ4v) is 9.86. The highest BCUT2D eigenvalue weighted by Gasteiger charge is 2.20. The molecule has 3 aromatic carbocycles. The summed E-state index contributed by atoms with van der Waals surface area (Å²) in [6.45, 7) is 4.62. The zero-order chi connectivity index (χ0) is 33.4. The SMILES string of the molecule is CCCCCCCCC(CCCCCCCC)n1c2ccc(-c3cccs3)cc2c2cc(-c3ccc(-c4cccc5nsnc45)s3)ccc21. The number of benzene rings is 3. The quantitative estimate of drug-likeness (QED) is 0.0833. The van der Waals surface area contributed by atoms with Crippen molar-refractivity contribution in [2.45, 2.75) is 110 Å². The molecule has 4 heterocycles. The van der Waals surface area contributed by atoms with Gasteiger partial charge in [-0.15, -0.1) is 22.7 Å². The number of unbranched alkanes of at least 4 members (excludes halogenated alkanes) is 10. The van der Waals surface area contributed by atoms with E-state index in [9.17, 15) is 0 Å². The van der Waals surface area contributed by atoms with E-state index in [2.05, 4.69) is 111 Å². The van der Waals surface area contributed by atoms with E-state index >= 15 is 0 Å². The van der Waals surface area contributed by atoms with E-state index in [-0.39, 0.29) is 0 Å². The Kier molecular flexibility index (Phi) is 11.6. The summed E-state index contributed by atoms with van der Waals surface area (Å²) in [6, 6.07) is 30.3. The molecule has 0 bridgehead atoms. The smallest absolute Gasteiger partial charge is 0.113 e. The highest BCUT2D eigenvalue weighted by Crippen LogP contribution is 2.42. The van der Waals surface area contributed by atoms with Crippen LogP contribution in [0.15, 0.2) is 84.2 Å². The number of hydrogen-bond donors (Lipinski definition) is 0. The van der Waals surface area contributed by atoms with Crippen molar-refractivity contribution in [2.75, 3.05) is 0 Å². The summed E-state index contributed by atoms with van der Waals surface area (Å²) in [5, 5.41) is 4.95. The highest BCUT2D eigenvalue weighted by atomic mass is 32.1. The molecule has 0 saturated carbocycles. The molecule has 4 aromatic heterocycles. The maximum Gasteiger partial charge on any atom is 0.113 e. The first kappa shape index (κ1) is 34.1. The molecule has 3 nitrogen and oxygen atoms in total. The lowest BCUT2D eigenvalue weighted by atomic mass is 9.99. The molecule has 0 aliphatic heterocycles. The third-order valence-corrected chi connectivity index (χ3v) is 12.8. The minimum atomic E-state index is 0.524. The first-order valence-electron chi connectivity index (χ1n) is 18.7. The van der Waals surface area contributed by atoms with Gasteiger partial charge in [-0.1, -0.05) is 121 Å². The van der Waals surface area contributed by atoms with Gasteiger partial charge in [-0.25, -0.2) is 0 Å². The average molecular weight is 704 g/mol. The standard InChI is InChI=1S/C43H49N3S3/c1-3-5-7-9-11-13-17-33(18-14-12-10-8-6-4-2)46-38-24-22-31(40-21-16-28-47-40)29-35(38)36-30-32(23-25-39(36)46)41-26-27-42(48-41)34-19-15-20-37-43(34)45-49-44-37/h15-16,19-30,33H,3-14,17-18H2,1-2H3. The summed E-state index contributed by atoms with van der Waals surface area (Å²) in [5.41, 5.74) is 8.54. The third kappa shape index (κ3) is 7.72. The predicted molar refractivity (Wildman–Crippen MR) is 218 cm³/mol. The molecule has 0 fully saturated rings. The topological polar surface area (TPSA) is 30.7 Å². The van der Waals surface area contributed by atoms with Crippen LogP contribution in [0, 0.1) is 0 Å². The maximum absolute atomic E-state index is 4.62. The summed E-state index contributed by atoms with van der Waals surface area (Å²) < 4.78 is 11.8. The van der Waals surface area contributed by atoms with Gasteiger partial charge in [0.25, 0.3) is 0 Å². The highest BCUT2D eigenvalue weighted by molar-refractivity contribution is 7.19. The fraction of sp³-hybridized carbons (Fsp3) is 0.395. The van der Waals surface area contributed by atoms with Gasteiger partial charge in [0.2, 0.25) is 0 Å². The van der Waals surface area contributed by atoms with Crippen molar-refractivity contribution in [2.24, 2.45) is 0 Å². The molecule has 6 heteroatoms. The van der Waals surface area contributed by atoms with Gasteiger partial charge >= 0.3 is 0 Å². The van der Waals surface area contributed by atoms with E-state index in [1.807, 2.05) is 22.7 Å². The summed E-state index contributed by atoms with van der Waals surface area (Å²) in [4.78, 5) is 3.88. The molecule has 0 aliphatic rings. The second kappa shape index (κ2) is 16.6. The zero-order valence-electron chi connectivity index (χ0n) is 29.1. The zero-order valence-corrected chi connectivity index (χ0v) is 31.6. The van der Waals surface area contributed by atoms with Crippen LogP contribution < -0.4 is 0 Å². The predicted octanol–water partition coefficient (Wildman–Crippen LogP) is 15.0. The minimum Gasteiger partial charge on any atom is -0.337 e. The normalized spacial score (nSPS) is 12.0. The first-order valence-corrected chi connectivity index (χ1v) is 21.1. The number of rotatable bonds is 18. The van der Waals surface area contributed by atoms with Gasteiger partial charge in [-0.2, -0.15) is 8.75 Å². The van der Waals surface area contributed by atoms with Crippen molar-refractivity contribution in [1.29, 1.82) is 0 Å². The molecule has 0 radical (unpaired) electrons. The van der Waals surface area contributed by atoms with Gasteiger partial charge in [-0.3, -0.25) is 0 Å². The van der Waals surface area contributed by atoms with Crippen LogP contribution in [0.3, 0.4) is 0 Å². The Labute approximate surface area is 304 Å². The van der Waals surface area contributed by atoms with Crippen LogP contribution in [0.2, 0.25) is 0 Å². The molecule has 0 atom stereocenters. The van der Waals surface area contributed by atoms with Crippen LogP contribution >= 0.6 is 34.4 Å². The van der Waals surface area contributed by atoms with Gasteiger partial charge in [0.15, 0.2) is 0 Å². The molecule has 0 unspecified atom stereocenters. The molecule has 254 valence electrons. The Balaban J connectivity index is 1.26. The van der Waals surface area contributed by atoms with E-state index in [0.29, 0.717) is 6.04 Å². The van der Waals surface area contributed by atoms with Crippen LogP contribution in [0.25, 0.3) is 64.2 Å². The van der Waals surface area contributed by atoms with Gasteiger partial charge < -0.3 is 4.57 Å². The van der Waals surface area contributed by atoms with E-state index in [0.717, 1.165) is 11.0 Å². The van der Waals surface area contributed by atoms with Crippen LogP contribution in [-0.4, -0.2) is 13.3 Å². The van der Waals surface area contributed by atoms with Crippen molar-refractivity contribution in [3.05, 3.63) is 84.2 Å². The number of hydrogen-bond acceptors (Lipinski definition) is 5. The monoisotopic (exact) mass is 703 g/mol. The summed E-state index contributed by atoms with van der Waals surface area (Å²) in [5.74, 6) is 0. The van der Waals surface area contributed by atoms with Crippen LogP contribution in [0.4, 0.5) is 0 Å². The number of fused-ring (bicyclic) bond motifs is 4. The van der Waals surface area contributed by atoms with Crippen molar-refractivity contribution in [1.82, 2.24) is 13.3 Å². The molecule has 7 rings (SSSR count). The van der Waals surface area contributed by atoms with E-state index < -0.39 is 0 Å². The molecule has 0 saturated heterocycles. The van der Waals surface area contributed by atoms with Crippen molar-refractivity contribution in [3.63, 3.8) is 0 Å². The van der Waals surface area contributed by atoms with Crippen LogP contribution in [0.5, 0.6) is 0 Å².